The van der Waals surface area contributed by atoms with E-state index < -0.39 is 17.8 Å². The summed E-state index contributed by atoms with van der Waals surface area (Å²) >= 11 is 0. The van der Waals surface area contributed by atoms with Crippen molar-refractivity contribution in [3.63, 3.8) is 0 Å². The highest BCUT2D eigenvalue weighted by atomic mass is 19.4. The molecule has 0 bridgehead atoms. The van der Waals surface area contributed by atoms with Crippen molar-refractivity contribution in [2.75, 3.05) is 0 Å². The molecule has 2 nitrogen and oxygen atoms in total. The van der Waals surface area contributed by atoms with Gasteiger partial charge in [0.1, 0.15) is 6.29 Å². The molecule has 0 heterocycles. The first-order valence-corrected chi connectivity index (χ1v) is 4.30. The van der Waals surface area contributed by atoms with Crippen LogP contribution in [0, 0.1) is 0 Å². The summed E-state index contributed by atoms with van der Waals surface area (Å²) in [6, 6.07) is 3.94. The smallest absolute Gasteiger partial charge is 0.321 e. The molecule has 1 aromatic carbocycles. The molecule has 82 valence electrons. The molecular weight excluding hydrogens is 207 g/mol. The SMILES string of the molecule is N[C@@H](C=O)Cc1ccc(C(F)(F)F)cc1. The molecule has 15 heavy (non-hydrogen) atoms. The highest BCUT2D eigenvalue weighted by molar-refractivity contribution is 5.57. The van der Waals surface area contributed by atoms with E-state index in [1.807, 2.05) is 0 Å². The average molecular weight is 217 g/mol. The predicted molar refractivity (Wildman–Crippen MR) is 49.2 cm³/mol. The van der Waals surface area contributed by atoms with Gasteiger partial charge in [-0.25, -0.2) is 0 Å². The maximum absolute atomic E-state index is 12.2. The fourth-order valence-corrected chi connectivity index (χ4v) is 1.15. The van der Waals surface area contributed by atoms with E-state index in [4.69, 9.17) is 5.73 Å². The van der Waals surface area contributed by atoms with Crippen LogP contribution in [0.1, 0.15) is 11.1 Å². The molecule has 0 saturated carbocycles. The van der Waals surface area contributed by atoms with Gasteiger partial charge in [0, 0.05) is 0 Å². The Labute approximate surface area is 84.9 Å². The van der Waals surface area contributed by atoms with E-state index in [-0.39, 0.29) is 6.42 Å². The molecule has 0 saturated heterocycles. The Balaban J connectivity index is 2.77. The maximum atomic E-state index is 12.2. The van der Waals surface area contributed by atoms with E-state index in [0.717, 1.165) is 12.1 Å². The minimum atomic E-state index is -4.33. The average Bonchev–Trinajstić information content (AvgIpc) is 2.17. The normalized spacial score (nSPS) is 13.6. The third-order valence-electron chi connectivity index (χ3n) is 1.93. The lowest BCUT2D eigenvalue weighted by Crippen LogP contribution is -2.24. The number of alkyl halides is 3. The molecule has 0 amide bonds. The van der Waals surface area contributed by atoms with Gasteiger partial charge in [0.15, 0.2) is 0 Å². The predicted octanol–water partition coefficient (Wildman–Crippen LogP) is 1.77. The molecule has 0 aliphatic heterocycles. The Morgan fingerprint density at radius 1 is 1.27 bits per heavy atom. The fraction of sp³-hybridized carbons (Fsp3) is 0.300. The Kier molecular flexibility index (Phi) is 3.47. The van der Waals surface area contributed by atoms with Crippen molar-refractivity contribution in [3.05, 3.63) is 35.4 Å². The van der Waals surface area contributed by atoms with Gasteiger partial charge in [-0.15, -0.1) is 0 Å². The quantitative estimate of drug-likeness (QED) is 0.784. The molecule has 5 heteroatoms. The molecule has 1 rings (SSSR count). The van der Waals surface area contributed by atoms with Crippen LogP contribution < -0.4 is 5.73 Å². The molecule has 0 unspecified atom stereocenters. The second-order valence-corrected chi connectivity index (χ2v) is 3.20. The molecule has 0 radical (unpaired) electrons. The van der Waals surface area contributed by atoms with E-state index in [9.17, 15) is 18.0 Å². The van der Waals surface area contributed by atoms with Gasteiger partial charge in [0.25, 0.3) is 0 Å². The summed E-state index contributed by atoms with van der Waals surface area (Å²) in [4.78, 5) is 10.2. The van der Waals surface area contributed by atoms with Crippen molar-refractivity contribution < 1.29 is 18.0 Å². The summed E-state index contributed by atoms with van der Waals surface area (Å²) in [5.41, 5.74) is 5.25. The molecular formula is C10H10F3NO. The zero-order chi connectivity index (χ0) is 11.5. The highest BCUT2D eigenvalue weighted by Gasteiger charge is 2.29. The molecule has 0 aliphatic carbocycles. The van der Waals surface area contributed by atoms with Gasteiger partial charge in [0.2, 0.25) is 0 Å². The van der Waals surface area contributed by atoms with Crippen molar-refractivity contribution in [2.45, 2.75) is 18.6 Å². The zero-order valence-corrected chi connectivity index (χ0v) is 7.79. The summed E-state index contributed by atoms with van der Waals surface area (Å²) in [5.74, 6) is 0. The van der Waals surface area contributed by atoms with E-state index >= 15 is 0 Å². The first-order valence-electron chi connectivity index (χ1n) is 4.30. The van der Waals surface area contributed by atoms with Crippen LogP contribution in [0.25, 0.3) is 0 Å². The Hall–Kier alpha value is -1.36. The van der Waals surface area contributed by atoms with Crippen LogP contribution in [0.3, 0.4) is 0 Å². The van der Waals surface area contributed by atoms with Crippen molar-refractivity contribution in [1.29, 1.82) is 0 Å². The number of carbonyl (C=O) groups is 1. The van der Waals surface area contributed by atoms with E-state index in [2.05, 4.69) is 0 Å². The molecule has 0 spiro atoms. The molecule has 0 aromatic heterocycles. The van der Waals surface area contributed by atoms with Gasteiger partial charge in [0.05, 0.1) is 11.6 Å². The second-order valence-electron chi connectivity index (χ2n) is 3.20. The number of nitrogens with two attached hydrogens (primary N) is 1. The summed E-state index contributed by atoms with van der Waals surface area (Å²) in [5, 5.41) is 0. The number of hydrogen-bond donors (Lipinski definition) is 1. The monoisotopic (exact) mass is 217 g/mol. The minimum absolute atomic E-state index is 0.252. The topological polar surface area (TPSA) is 43.1 Å². The zero-order valence-electron chi connectivity index (χ0n) is 7.79. The first-order chi connectivity index (χ1) is 6.93. The van der Waals surface area contributed by atoms with Crippen LogP contribution >= 0.6 is 0 Å². The fourth-order valence-electron chi connectivity index (χ4n) is 1.15. The third-order valence-corrected chi connectivity index (χ3v) is 1.93. The molecule has 2 N–H and O–H groups in total. The summed E-state index contributed by atoms with van der Waals surface area (Å²) in [6.45, 7) is 0. The van der Waals surface area contributed by atoms with Crippen LogP contribution in [0.4, 0.5) is 13.2 Å². The summed E-state index contributed by atoms with van der Waals surface area (Å²) in [6.07, 6.45) is -3.51. The Bertz CT molecular complexity index is 332. The van der Waals surface area contributed by atoms with Gasteiger partial charge in [-0.05, 0) is 24.1 Å². The van der Waals surface area contributed by atoms with E-state index in [1.54, 1.807) is 0 Å². The second kappa shape index (κ2) is 4.44. The van der Waals surface area contributed by atoms with Crippen LogP contribution in [-0.2, 0) is 17.4 Å². The van der Waals surface area contributed by atoms with Gasteiger partial charge >= 0.3 is 6.18 Å². The largest absolute Gasteiger partial charge is 0.416 e. The van der Waals surface area contributed by atoms with Crippen LogP contribution in [-0.4, -0.2) is 12.3 Å². The van der Waals surface area contributed by atoms with Crippen molar-refractivity contribution in [3.8, 4) is 0 Å². The standard InChI is InChI=1S/C10H10F3NO/c11-10(12,13)8-3-1-7(2-4-8)5-9(14)6-15/h1-4,6,9H,5,14H2/t9-/m1/s1. The Morgan fingerprint density at radius 2 is 1.80 bits per heavy atom. The van der Waals surface area contributed by atoms with Crippen molar-refractivity contribution in [1.82, 2.24) is 0 Å². The Morgan fingerprint density at radius 3 is 2.20 bits per heavy atom. The summed E-state index contributed by atoms with van der Waals surface area (Å²) < 4.78 is 36.5. The lowest BCUT2D eigenvalue weighted by atomic mass is 10.1. The first kappa shape index (κ1) is 11.7. The van der Waals surface area contributed by atoms with E-state index in [0.29, 0.717) is 11.8 Å². The van der Waals surface area contributed by atoms with Crippen molar-refractivity contribution in [2.24, 2.45) is 5.73 Å². The van der Waals surface area contributed by atoms with Crippen LogP contribution in [0.2, 0.25) is 0 Å². The molecule has 1 atom stereocenters. The van der Waals surface area contributed by atoms with Crippen LogP contribution in [0.15, 0.2) is 24.3 Å². The lowest BCUT2D eigenvalue weighted by Gasteiger charge is -2.08. The van der Waals surface area contributed by atoms with E-state index in [1.165, 1.54) is 12.1 Å². The summed E-state index contributed by atoms with van der Waals surface area (Å²) in [7, 11) is 0. The number of halogens is 3. The molecule has 0 aliphatic rings. The number of rotatable bonds is 3. The van der Waals surface area contributed by atoms with Gasteiger partial charge in [-0.3, -0.25) is 0 Å². The van der Waals surface area contributed by atoms with Gasteiger partial charge in [-0.2, -0.15) is 13.2 Å². The lowest BCUT2D eigenvalue weighted by molar-refractivity contribution is -0.137. The highest BCUT2D eigenvalue weighted by Crippen LogP contribution is 2.29. The molecule has 1 aromatic rings. The molecule has 0 fully saturated rings. The number of benzene rings is 1. The van der Waals surface area contributed by atoms with Gasteiger partial charge in [-0.1, -0.05) is 12.1 Å². The number of aldehydes is 1. The third kappa shape index (κ3) is 3.36. The minimum Gasteiger partial charge on any atom is -0.321 e. The number of carbonyl (C=O) groups excluding carboxylic acids is 1. The van der Waals surface area contributed by atoms with Gasteiger partial charge < -0.3 is 10.5 Å². The number of hydrogen-bond acceptors (Lipinski definition) is 2. The van der Waals surface area contributed by atoms with Crippen molar-refractivity contribution >= 4 is 6.29 Å². The maximum Gasteiger partial charge on any atom is 0.416 e. The van der Waals surface area contributed by atoms with Crippen LogP contribution in [0.5, 0.6) is 0 Å².